The number of nitrogens with zero attached hydrogens (tertiary/aromatic N) is 1. The van der Waals surface area contributed by atoms with E-state index < -0.39 is 18.2 Å². The summed E-state index contributed by atoms with van der Waals surface area (Å²) in [4.78, 5) is 23.7. The van der Waals surface area contributed by atoms with Crippen molar-refractivity contribution in [2.75, 3.05) is 11.9 Å². The summed E-state index contributed by atoms with van der Waals surface area (Å²) in [5.41, 5.74) is 3.28. The summed E-state index contributed by atoms with van der Waals surface area (Å²) in [7, 11) is 0. The first-order chi connectivity index (χ1) is 12.9. The minimum absolute atomic E-state index is 0.0192. The maximum absolute atomic E-state index is 11.9. The van der Waals surface area contributed by atoms with E-state index in [2.05, 4.69) is 31.8 Å². The molecule has 3 N–H and O–H groups in total. The van der Waals surface area contributed by atoms with E-state index in [1.807, 2.05) is 0 Å². The fraction of sp³-hybridized carbons (Fsp3) is 0.167. The number of para-hydroxylation sites is 1. The Balaban J connectivity index is 1.91. The van der Waals surface area contributed by atoms with Crippen LogP contribution < -0.4 is 15.5 Å². The maximum Gasteiger partial charge on any atom is 0.249 e. The molecule has 0 spiro atoms. The predicted octanol–water partition coefficient (Wildman–Crippen LogP) is 3.69. The van der Waals surface area contributed by atoms with Gasteiger partial charge >= 0.3 is 0 Å². The highest BCUT2D eigenvalue weighted by Gasteiger charge is 2.11. The molecule has 27 heavy (non-hydrogen) atoms. The number of carbonyl (C=O) groups is 2. The van der Waals surface area contributed by atoms with Crippen LogP contribution in [0, 0.1) is 0 Å². The number of carbonyl (C=O) groups excluding carboxylic acids is 2. The first kappa shape index (κ1) is 20.7. The van der Waals surface area contributed by atoms with Crippen molar-refractivity contribution in [3.8, 4) is 11.5 Å². The highest BCUT2D eigenvalue weighted by molar-refractivity contribution is 9.10. The van der Waals surface area contributed by atoms with Crippen molar-refractivity contribution in [2.24, 2.45) is 5.10 Å². The number of phenols is 1. The van der Waals surface area contributed by atoms with Gasteiger partial charge in [0.25, 0.3) is 0 Å². The van der Waals surface area contributed by atoms with E-state index >= 15 is 0 Å². The van der Waals surface area contributed by atoms with Gasteiger partial charge in [-0.3, -0.25) is 9.59 Å². The monoisotopic (exact) mass is 453 g/mol. The molecule has 0 aliphatic rings. The van der Waals surface area contributed by atoms with E-state index in [0.717, 1.165) is 0 Å². The number of rotatable bonds is 7. The standard InChI is InChI=1S/C18H17BrClN3O4/c1-2-27-15-8-11(7-12(19)18(15)26)10-21-23-17(25)9-16(24)22-14-6-4-3-5-13(14)20/h3-8,10,26H,2,9H2,1H3,(H,22,24)(H,23,25)/b21-10+. The zero-order valence-electron chi connectivity index (χ0n) is 14.3. The third-order valence-corrected chi connectivity index (χ3v) is 4.16. The van der Waals surface area contributed by atoms with Crippen LogP contribution >= 0.6 is 27.5 Å². The van der Waals surface area contributed by atoms with Gasteiger partial charge in [0.15, 0.2) is 11.5 Å². The summed E-state index contributed by atoms with van der Waals surface area (Å²) in [5.74, 6) is -0.825. The third kappa shape index (κ3) is 6.26. The van der Waals surface area contributed by atoms with Crippen LogP contribution in [-0.2, 0) is 9.59 Å². The van der Waals surface area contributed by atoms with Crippen molar-refractivity contribution >= 4 is 51.2 Å². The number of ether oxygens (including phenoxy) is 1. The average Bonchev–Trinajstić information content (AvgIpc) is 2.61. The number of anilines is 1. The van der Waals surface area contributed by atoms with Crippen molar-refractivity contribution in [1.82, 2.24) is 5.43 Å². The molecule has 0 saturated carbocycles. The van der Waals surface area contributed by atoms with Gasteiger partial charge in [-0.1, -0.05) is 23.7 Å². The lowest BCUT2D eigenvalue weighted by atomic mass is 10.2. The van der Waals surface area contributed by atoms with Gasteiger partial charge in [-0.05, 0) is 52.7 Å². The topological polar surface area (TPSA) is 100 Å². The molecule has 0 fully saturated rings. The van der Waals surface area contributed by atoms with Gasteiger partial charge in [-0.15, -0.1) is 0 Å². The summed E-state index contributed by atoms with van der Waals surface area (Å²) in [6.07, 6.45) is 0.961. The molecule has 0 unspecified atom stereocenters. The Bertz CT molecular complexity index is 874. The lowest BCUT2D eigenvalue weighted by Gasteiger charge is -2.08. The first-order valence-corrected chi connectivity index (χ1v) is 9.09. The third-order valence-electron chi connectivity index (χ3n) is 3.22. The highest BCUT2D eigenvalue weighted by Crippen LogP contribution is 2.35. The molecule has 0 aromatic heterocycles. The van der Waals surface area contributed by atoms with E-state index in [-0.39, 0.29) is 5.75 Å². The van der Waals surface area contributed by atoms with E-state index in [9.17, 15) is 14.7 Å². The maximum atomic E-state index is 11.9. The van der Waals surface area contributed by atoms with E-state index in [1.54, 1.807) is 43.3 Å². The first-order valence-electron chi connectivity index (χ1n) is 7.92. The van der Waals surface area contributed by atoms with Gasteiger partial charge in [0.05, 0.1) is 28.0 Å². The lowest BCUT2D eigenvalue weighted by Crippen LogP contribution is -2.24. The molecule has 0 atom stereocenters. The minimum atomic E-state index is -0.585. The van der Waals surface area contributed by atoms with Gasteiger partial charge in [0, 0.05) is 0 Å². The van der Waals surface area contributed by atoms with Gasteiger partial charge in [0.1, 0.15) is 6.42 Å². The number of hydrogen-bond donors (Lipinski definition) is 3. The molecular formula is C18H17BrClN3O4. The van der Waals surface area contributed by atoms with Gasteiger partial charge < -0.3 is 15.2 Å². The number of nitrogens with one attached hydrogen (secondary N) is 2. The van der Waals surface area contributed by atoms with Crippen LogP contribution in [0.1, 0.15) is 18.9 Å². The smallest absolute Gasteiger partial charge is 0.249 e. The number of benzene rings is 2. The SMILES string of the molecule is CCOc1cc(/C=N/NC(=O)CC(=O)Nc2ccccc2Cl)cc(Br)c1O. The summed E-state index contributed by atoms with van der Waals surface area (Å²) in [5, 5.41) is 16.6. The quantitative estimate of drug-likeness (QED) is 0.337. The van der Waals surface area contributed by atoms with Gasteiger partial charge in [-0.2, -0.15) is 5.10 Å². The minimum Gasteiger partial charge on any atom is -0.503 e. The Labute approximate surface area is 169 Å². The summed E-state index contributed by atoms with van der Waals surface area (Å²) >= 11 is 9.16. The highest BCUT2D eigenvalue weighted by atomic mass is 79.9. The van der Waals surface area contributed by atoms with Crippen LogP contribution in [0.15, 0.2) is 46.0 Å². The summed E-state index contributed by atoms with van der Waals surface area (Å²) in [6.45, 7) is 2.18. The Hall–Kier alpha value is -2.58. The molecule has 9 heteroatoms. The van der Waals surface area contributed by atoms with Crippen molar-refractivity contribution in [3.05, 3.63) is 51.5 Å². The molecule has 0 aliphatic carbocycles. The summed E-state index contributed by atoms with van der Waals surface area (Å²) in [6, 6.07) is 9.90. The predicted molar refractivity (Wildman–Crippen MR) is 107 cm³/mol. The van der Waals surface area contributed by atoms with Crippen LogP contribution in [0.4, 0.5) is 5.69 Å². The fourth-order valence-corrected chi connectivity index (χ4v) is 2.70. The van der Waals surface area contributed by atoms with Crippen molar-refractivity contribution in [2.45, 2.75) is 13.3 Å². The second kappa shape index (κ2) is 9.94. The van der Waals surface area contributed by atoms with Crippen LogP contribution in [0.25, 0.3) is 0 Å². The van der Waals surface area contributed by atoms with Crippen LogP contribution in [0.2, 0.25) is 5.02 Å². The molecule has 0 bridgehead atoms. The molecule has 142 valence electrons. The number of phenolic OH excluding ortho intramolecular Hbond substituents is 1. The zero-order valence-corrected chi connectivity index (χ0v) is 16.7. The van der Waals surface area contributed by atoms with E-state index in [4.69, 9.17) is 16.3 Å². The lowest BCUT2D eigenvalue weighted by molar-refractivity contribution is -0.126. The molecule has 0 heterocycles. The average molecular weight is 455 g/mol. The molecule has 0 radical (unpaired) electrons. The number of hydrogen-bond acceptors (Lipinski definition) is 5. The van der Waals surface area contributed by atoms with Gasteiger partial charge in [0.2, 0.25) is 11.8 Å². The van der Waals surface area contributed by atoms with Crippen LogP contribution in [0.3, 0.4) is 0 Å². The van der Waals surface area contributed by atoms with Crippen molar-refractivity contribution in [1.29, 1.82) is 0 Å². The fourth-order valence-electron chi connectivity index (χ4n) is 2.05. The number of aromatic hydroxyl groups is 1. The molecule has 7 nitrogen and oxygen atoms in total. The molecule has 0 aliphatic heterocycles. The normalized spacial score (nSPS) is 10.6. The molecule has 2 amide bonds. The largest absolute Gasteiger partial charge is 0.503 e. The second-order valence-electron chi connectivity index (χ2n) is 5.28. The number of hydrazone groups is 1. The van der Waals surface area contributed by atoms with E-state index in [0.29, 0.717) is 33.1 Å². The zero-order chi connectivity index (χ0) is 19.8. The summed E-state index contributed by atoms with van der Waals surface area (Å²) < 4.78 is 5.74. The molecule has 2 rings (SSSR count). The molecule has 2 aromatic carbocycles. The molecular weight excluding hydrogens is 438 g/mol. The molecule has 2 aromatic rings. The Kier molecular flexibility index (Phi) is 7.63. The number of halogens is 2. The number of amides is 2. The Morgan fingerprint density at radius 1 is 1.30 bits per heavy atom. The van der Waals surface area contributed by atoms with Crippen LogP contribution in [-0.4, -0.2) is 29.7 Å². The van der Waals surface area contributed by atoms with Gasteiger partial charge in [-0.25, -0.2) is 5.43 Å². The Morgan fingerprint density at radius 2 is 2.04 bits per heavy atom. The van der Waals surface area contributed by atoms with Crippen molar-refractivity contribution in [3.63, 3.8) is 0 Å². The molecule has 0 saturated heterocycles. The second-order valence-corrected chi connectivity index (χ2v) is 6.54. The van der Waals surface area contributed by atoms with E-state index in [1.165, 1.54) is 6.21 Å². The Morgan fingerprint density at radius 3 is 2.74 bits per heavy atom. The van der Waals surface area contributed by atoms with Crippen molar-refractivity contribution < 1.29 is 19.4 Å². The van der Waals surface area contributed by atoms with Crippen LogP contribution in [0.5, 0.6) is 11.5 Å².